The molecule has 8 aromatic carbocycles. The molecule has 0 spiro atoms. The lowest BCUT2D eigenvalue weighted by Gasteiger charge is -2.32. The smallest absolute Gasteiger partial charge is 0.151 e. The fraction of sp³-hybridized carbons (Fsp3) is 0.0175. The summed E-state index contributed by atoms with van der Waals surface area (Å²) in [6, 6.07) is 58.4. The molecule has 3 aliphatic rings. The number of hydrogen-bond acceptors (Lipinski definition) is 10. The van der Waals surface area contributed by atoms with Crippen LogP contribution in [0.25, 0.3) is 55.5 Å². The Labute approximate surface area is 396 Å². The van der Waals surface area contributed by atoms with Crippen molar-refractivity contribution >= 4 is 68.4 Å². The summed E-state index contributed by atoms with van der Waals surface area (Å²) in [6.07, 6.45) is 5.58. The average Bonchev–Trinajstić information content (AvgIpc) is 3.68. The predicted molar refractivity (Wildman–Crippen MR) is 272 cm³/mol. The Kier molecular flexibility index (Phi) is 10.7. The van der Waals surface area contributed by atoms with Crippen LogP contribution in [0.1, 0.15) is 6.92 Å². The van der Waals surface area contributed by atoms with E-state index in [1.807, 2.05) is 91.9 Å². The Hall–Kier alpha value is -8.54. The van der Waals surface area contributed by atoms with E-state index in [2.05, 4.69) is 124 Å². The third-order valence-electron chi connectivity index (χ3n) is 11.9. The van der Waals surface area contributed by atoms with Crippen molar-refractivity contribution in [2.45, 2.75) is 17.0 Å². The van der Waals surface area contributed by atoms with E-state index >= 15 is 0 Å². The molecule has 0 saturated heterocycles. The molecule has 2 aliphatic heterocycles. The van der Waals surface area contributed by atoms with Gasteiger partial charge in [-0.25, -0.2) is 9.97 Å². The van der Waals surface area contributed by atoms with Crippen LogP contribution in [0, 0.1) is 21.3 Å². The van der Waals surface area contributed by atoms with E-state index in [0.29, 0.717) is 21.4 Å². The summed E-state index contributed by atoms with van der Waals surface area (Å²) in [5.74, 6) is 3.20. The van der Waals surface area contributed by atoms with Crippen molar-refractivity contribution in [1.29, 1.82) is 10.5 Å². The molecule has 0 saturated carbocycles. The average molecular weight is 901 g/mol. The maximum atomic E-state index is 9.65. The highest BCUT2D eigenvalue weighted by atomic mass is 32.2. The van der Waals surface area contributed by atoms with E-state index in [4.69, 9.17) is 19.4 Å². The summed E-state index contributed by atoms with van der Waals surface area (Å²) in [5.41, 5.74) is 13.4. The summed E-state index contributed by atoms with van der Waals surface area (Å²) in [4.78, 5) is 14.4. The van der Waals surface area contributed by atoms with Crippen molar-refractivity contribution in [1.82, 2.24) is 9.97 Å². The van der Waals surface area contributed by atoms with E-state index in [1.165, 1.54) is 0 Å². The third kappa shape index (κ3) is 7.13. The summed E-state index contributed by atoms with van der Waals surface area (Å²) >= 11 is 1.84. The lowest BCUT2D eigenvalue weighted by Crippen LogP contribution is -2.15. The first-order valence-corrected chi connectivity index (χ1v) is 23.1. The van der Waals surface area contributed by atoms with Gasteiger partial charge in [0.15, 0.2) is 23.0 Å². The molecule has 0 unspecified atom stereocenters. The molecule has 0 amide bonds. The molecule has 8 nitrogen and oxygen atoms in total. The molecule has 0 fully saturated rings. The minimum absolute atomic E-state index is 0.423. The molecule has 12 rings (SSSR count). The maximum absolute atomic E-state index is 9.65. The summed E-state index contributed by atoms with van der Waals surface area (Å²) in [5, 5.41) is 26.5. The molecule has 67 heavy (non-hydrogen) atoms. The van der Waals surface area contributed by atoms with Gasteiger partial charge in [-0.05, 0) is 107 Å². The standard InChI is InChI=1S/C52H28N6O2S2.C5H8/c53-29-61-51-52(62-30-54)56-50-38-28-26-36(32-19-23-34(24-20-32)58-41-11-3-7-15-45(41)60-46-16-8-4-12-42(46)58)47-35(25-27-37(48(38)47)49(50)55-51)31-17-21-33(22-18-31)57-39-9-1-5-13-43(39)59-44-14-6-2-10-40(44)57;1-3-5-4-2/h1-28H;3-5H,1H2,2H3/b;5-4-. The first-order chi connectivity index (χ1) is 33.1. The Balaban J connectivity index is 0.000000941. The fourth-order valence-corrected chi connectivity index (χ4v) is 10.0. The normalized spacial score (nSPS) is 12.2. The van der Waals surface area contributed by atoms with Crippen LogP contribution < -0.4 is 19.3 Å². The van der Waals surface area contributed by atoms with Gasteiger partial charge in [-0.15, -0.1) is 0 Å². The first kappa shape index (κ1) is 41.2. The number of anilines is 6. The monoisotopic (exact) mass is 900 g/mol. The second-order valence-corrected chi connectivity index (χ2v) is 17.1. The lowest BCUT2D eigenvalue weighted by atomic mass is 9.88. The van der Waals surface area contributed by atoms with Crippen molar-refractivity contribution in [3.8, 4) is 78.6 Å². The number of allylic oxidation sites excluding steroid dienone is 3. The SMILES string of the molecule is C=C/C=C\C.N#CSc1nc2c(nc1SC#N)-c1ccc(-c3ccc(N4c5ccccc5Oc5ccccc54)cc3)c3c(-c4ccc(N5c6ccccc6Oc6ccccc65)cc4)ccc-2c13. The number of para-hydroxylation sites is 8. The van der Waals surface area contributed by atoms with Gasteiger partial charge in [0.1, 0.15) is 20.9 Å². The van der Waals surface area contributed by atoms with Gasteiger partial charge in [0.05, 0.1) is 34.1 Å². The van der Waals surface area contributed by atoms with Gasteiger partial charge >= 0.3 is 0 Å². The largest absolute Gasteiger partial charge is 0.453 e. The van der Waals surface area contributed by atoms with Gasteiger partial charge in [0.25, 0.3) is 0 Å². The minimum atomic E-state index is 0.423. The highest BCUT2D eigenvalue weighted by molar-refractivity contribution is 8.06. The van der Waals surface area contributed by atoms with E-state index < -0.39 is 0 Å². The van der Waals surface area contributed by atoms with Crippen molar-refractivity contribution in [3.05, 3.63) is 195 Å². The van der Waals surface area contributed by atoms with Gasteiger partial charge in [0, 0.05) is 51.4 Å². The summed E-state index contributed by atoms with van der Waals surface area (Å²) < 4.78 is 12.6. The van der Waals surface area contributed by atoms with Crippen LogP contribution in [0.3, 0.4) is 0 Å². The topological polar surface area (TPSA) is 98.3 Å². The fourth-order valence-electron chi connectivity index (χ4n) is 9.05. The second kappa shape index (κ2) is 17.4. The lowest BCUT2D eigenvalue weighted by molar-refractivity contribution is 0.477. The Morgan fingerprint density at radius 3 is 1.15 bits per heavy atom. The summed E-state index contributed by atoms with van der Waals surface area (Å²) in [7, 11) is 0. The number of thioether (sulfide) groups is 2. The number of nitriles is 2. The molecule has 0 bridgehead atoms. The molecule has 1 aliphatic carbocycles. The molecular formula is C57H36N6O2S2. The zero-order chi connectivity index (χ0) is 45.4. The predicted octanol–water partition coefficient (Wildman–Crippen LogP) is 16.7. The number of rotatable bonds is 7. The van der Waals surface area contributed by atoms with Crippen LogP contribution in [0.5, 0.6) is 23.0 Å². The Morgan fingerprint density at radius 1 is 0.478 bits per heavy atom. The number of benzene rings is 8. The highest BCUT2D eigenvalue weighted by Gasteiger charge is 2.31. The van der Waals surface area contributed by atoms with Crippen LogP contribution in [0.15, 0.2) is 205 Å². The zero-order valence-electron chi connectivity index (χ0n) is 35.9. The second-order valence-electron chi connectivity index (χ2n) is 15.6. The molecule has 10 heteroatoms. The van der Waals surface area contributed by atoms with E-state index in [-0.39, 0.29) is 0 Å². The van der Waals surface area contributed by atoms with Crippen LogP contribution in [0.2, 0.25) is 0 Å². The first-order valence-electron chi connectivity index (χ1n) is 21.5. The van der Waals surface area contributed by atoms with Gasteiger partial charge in [-0.1, -0.05) is 122 Å². The van der Waals surface area contributed by atoms with Crippen molar-refractivity contribution in [2.24, 2.45) is 0 Å². The number of thiocyanates is 2. The minimum Gasteiger partial charge on any atom is -0.453 e. The number of hydrogen-bond donors (Lipinski definition) is 0. The van der Waals surface area contributed by atoms with Gasteiger partial charge in [0.2, 0.25) is 0 Å². The van der Waals surface area contributed by atoms with Crippen LogP contribution >= 0.6 is 23.5 Å². The Bertz CT molecular complexity index is 3250. The number of aromatic nitrogens is 2. The highest BCUT2D eigenvalue weighted by Crippen LogP contribution is 2.55. The van der Waals surface area contributed by atoms with Gasteiger partial charge in [-0.3, -0.25) is 0 Å². The molecule has 318 valence electrons. The van der Waals surface area contributed by atoms with Crippen LogP contribution in [-0.2, 0) is 0 Å². The molecule has 0 radical (unpaired) electrons. The van der Waals surface area contributed by atoms with Crippen molar-refractivity contribution in [3.63, 3.8) is 0 Å². The van der Waals surface area contributed by atoms with E-state index in [1.54, 1.807) is 6.08 Å². The van der Waals surface area contributed by atoms with Crippen LogP contribution in [-0.4, -0.2) is 9.97 Å². The molecule has 0 atom stereocenters. The maximum Gasteiger partial charge on any atom is 0.151 e. The quantitative estimate of drug-likeness (QED) is 0.0873. The van der Waals surface area contributed by atoms with Crippen molar-refractivity contribution < 1.29 is 9.47 Å². The molecule has 0 N–H and O–H groups in total. The van der Waals surface area contributed by atoms with Gasteiger partial charge < -0.3 is 19.3 Å². The van der Waals surface area contributed by atoms with E-state index in [9.17, 15) is 10.5 Å². The van der Waals surface area contributed by atoms with Crippen LogP contribution in [0.4, 0.5) is 34.1 Å². The van der Waals surface area contributed by atoms with Crippen molar-refractivity contribution in [2.75, 3.05) is 9.80 Å². The Morgan fingerprint density at radius 2 is 0.821 bits per heavy atom. The third-order valence-corrected chi connectivity index (χ3v) is 13.1. The number of fused-ring (bicyclic) bond motifs is 7. The number of ether oxygens (including phenoxy) is 2. The molecule has 1 aromatic heterocycles. The molecular weight excluding hydrogens is 865 g/mol. The molecule has 9 aromatic rings. The van der Waals surface area contributed by atoms with Gasteiger partial charge in [-0.2, -0.15) is 10.5 Å². The molecule has 3 heterocycles. The number of nitrogens with zero attached hydrogens (tertiary/aromatic N) is 6. The summed E-state index contributed by atoms with van der Waals surface area (Å²) in [6.45, 7) is 5.42. The zero-order valence-corrected chi connectivity index (χ0v) is 37.6. The van der Waals surface area contributed by atoms with E-state index in [0.717, 1.165) is 125 Å².